The van der Waals surface area contributed by atoms with E-state index in [0.29, 0.717) is 16.8 Å². The summed E-state index contributed by atoms with van der Waals surface area (Å²) in [6, 6.07) is 14.5. The number of likely N-dealkylation sites (tertiary alicyclic amines) is 1. The number of hydrogen-bond acceptors (Lipinski definition) is 3. The number of anilines is 1. The molecule has 1 heterocycles. The van der Waals surface area contributed by atoms with E-state index >= 15 is 0 Å². The highest BCUT2D eigenvalue weighted by Gasteiger charge is 2.19. The number of ether oxygens (including phenoxy) is 1. The number of nitrogens with zero attached hydrogens (tertiary/aromatic N) is 1. The third-order valence-corrected chi connectivity index (χ3v) is 5.96. The summed E-state index contributed by atoms with van der Waals surface area (Å²) in [4.78, 5) is 27.4. The Kier molecular flexibility index (Phi) is 6.67. The molecule has 0 atom stereocenters. The molecule has 2 fully saturated rings. The minimum Gasteiger partial charge on any atom is -0.490 e. The molecule has 1 saturated carbocycles. The lowest BCUT2D eigenvalue weighted by Gasteiger charge is -2.26. The van der Waals surface area contributed by atoms with Crippen molar-refractivity contribution in [3.05, 3.63) is 59.7 Å². The monoisotopic (exact) mass is 406 g/mol. The predicted molar refractivity (Wildman–Crippen MR) is 118 cm³/mol. The Morgan fingerprint density at radius 3 is 2.33 bits per heavy atom. The smallest absolute Gasteiger partial charge is 0.255 e. The van der Waals surface area contributed by atoms with Crippen molar-refractivity contribution < 1.29 is 14.3 Å². The van der Waals surface area contributed by atoms with Gasteiger partial charge in [0.25, 0.3) is 11.8 Å². The summed E-state index contributed by atoms with van der Waals surface area (Å²) < 4.78 is 6.08. The van der Waals surface area contributed by atoms with Crippen LogP contribution in [0.25, 0.3) is 0 Å². The predicted octanol–water partition coefficient (Wildman–Crippen LogP) is 5.28. The molecule has 1 N–H and O–H groups in total. The zero-order valence-electron chi connectivity index (χ0n) is 17.4. The number of piperidine rings is 1. The number of benzene rings is 2. The molecule has 2 aliphatic rings. The van der Waals surface area contributed by atoms with Crippen molar-refractivity contribution in [2.24, 2.45) is 0 Å². The van der Waals surface area contributed by atoms with Crippen molar-refractivity contribution >= 4 is 17.5 Å². The molecule has 1 aliphatic carbocycles. The van der Waals surface area contributed by atoms with Crippen LogP contribution in [-0.2, 0) is 0 Å². The third kappa shape index (κ3) is 5.21. The second-order valence-corrected chi connectivity index (χ2v) is 8.29. The van der Waals surface area contributed by atoms with Gasteiger partial charge in [0.15, 0.2) is 0 Å². The van der Waals surface area contributed by atoms with Gasteiger partial charge in [-0.2, -0.15) is 0 Å². The van der Waals surface area contributed by atoms with Crippen LogP contribution in [0.1, 0.15) is 72.1 Å². The molecule has 30 heavy (non-hydrogen) atoms. The largest absolute Gasteiger partial charge is 0.490 e. The second kappa shape index (κ2) is 9.79. The lowest BCUT2D eigenvalue weighted by molar-refractivity contribution is 0.0724. The highest BCUT2D eigenvalue weighted by Crippen LogP contribution is 2.24. The van der Waals surface area contributed by atoms with Crippen molar-refractivity contribution in [3.8, 4) is 5.75 Å². The first-order chi connectivity index (χ1) is 14.7. The maximum absolute atomic E-state index is 12.8. The lowest BCUT2D eigenvalue weighted by atomic mass is 9.98. The van der Waals surface area contributed by atoms with Crippen LogP contribution in [0.4, 0.5) is 5.69 Å². The molecule has 5 nitrogen and oxygen atoms in total. The fraction of sp³-hybridized carbons (Fsp3) is 0.440. The van der Waals surface area contributed by atoms with Crippen LogP contribution in [0.15, 0.2) is 48.5 Å². The highest BCUT2D eigenvalue weighted by molar-refractivity contribution is 6.05. The van der Waals surface area contributed by atoms with Gasteiger partial charge in [0, 0.05) is 29.9 Å². The molecule has 0 unspecified atom stereocenters. The van der Waals surface area contributed by atoms with Crippen molar-refractivity contribution in [1.82, 2.24) is 4.90 Å². The molecule has 0 bridgehead atoms. The van der Waals surface area contributed by atoms with E-state index in [4.69, 9.17) is 4.74 Å². The van der Waals surface area contributed by atoms with Crippen molar-refractivity contribution in [3.63, 3.8) is 0 Å². The van der Waals surface area contributed by atoms with Gasteiger partial charge in [-0.25, -0.2) is 0 Å². The van der Waals surface area contributed by atoms with E-state index in [1.165, 1.54) is 25.7 Å². The van der Waals surface area contributed by atoms with E-state index in [2.05, 4.69) is 5.32 Å². The molecular formula is C25H30N2O3. The number of rotatable bonds is 5. The zero-order valence-corrected chi connectivity index (χ0v) is 17.4. The first kappa shape index (κ1) is 20.5. The van der Waals surface area contributed by atoms with Gasteiger partial charge in [-0.05, 0) is 81.3 Å². The minimum atomic E-state index is -0.202. The first-order valence-corrected chi connectivity index (χ1v) is 11.2. The average molecular weight is 407 g/mol. The van der Waals surface area contributed by atoms with Gasteiger partial charge in [-0.15, -0.1) is 0 Å². The Morgan fingerprint density at radius 1 is 0.833 bits per heavy atom. The van der Waals surface area contributed by atoms with Gasteiger partial charge in [0.2, 0.25) is 0 Å². The van der Waals surface area contributed by atoms with Gasteiger partial charge < -0.3 is 15.0 Å². The second-order valence-electron chi connectivity index (χ2n) is 8.29. The van der Waals surface area contributed by atoms with Crippen LogP contribution in [0.5, 0.6) is 5.75 Å². The Hall–Kier alpha value is -2.82. The third-order valence-electron chi connectivity index (χ3n) is 5.96. The maximum atomic E-state index is 12.8. The number of hydrogen-bond donors (Lipinski definition) is 1. The van der Waals surface area contributed by atoms with E-state index in [0.717, 1.165) is 44.5 Å². The molecule has 0 spiro atoms. The Morgan fingerprint density at radius 2 is 1.53 bits per heavy atom. The number of nitrogens with one attached hydrogen (secondary N) is 1. The fourth-order valence-corrected chi connectivity index (χ4v) is 4.30. The summed E-state index contributed by atoms with van der Waals surface area (Å²) in [6.45, 7) is 1.62. The van der Waals surface area contributed by atoms with E-state index in [-0.39, 0.29) is 17.9 Å². The summed E-state index contributed by atoms with van der Waals surface area (Å²) >= 11 is 0. The molecule has 0 aromatic heterocycles. The van der Waals surface area contributed by atoms with Gasteiger partial charge in [0.05, 0.1) is 6.10 Å². The summed E-state index contributed by atoms with van der Waals surface area (Å²) in [5.41, 5.74) is 1.79. The topological polar surface area (TPSA) is 58.6 Å². The first-order valence-electron chi connectivity index (χ1n) is 11.2. The number of carbonyl (C=O) groups is 2. The minimum absolute atomic E-state index is 0.0358. The van der Waals surface area contributed by atoms with Crippen LogP contribution >= 0.6 is 0 Å². The van der Waals surface area contributed by atoms with Crippen LogP contribution in [0, 0.1) is 0 Å². The van der Waals surface area contributed by atoms with Crippen molar-refractivity contribution in [2.75, 3.05) is 18.4 Å². The maximum Gasteiger partial charge on any atom is 0.255 e. The fourth-order valence-electron chi connectivity index (χ4n) is 4.30. The molecule has 2 aromatic rings. The molecule has 1 aliphatic heterocycles. The number of amides is 2. The van der Waals surface area contributed by atoms with Gasteiger partial charge >= 0.3 is 0 Å². The van der Waals surface area contributed by atoms with E-state index < -0.39 is 0 Å². The Balaban J connectivity index is 1.41. The lowest BCUT2D eigenvalue weighted by Crippen LogP contribution is -2.35. The molecule has 2 aromatic carbocycles. The molecule has 158 valence electrons. The SMILES string of the molecule is O=C(Nc1cccc(C(=O)N2CCCCC2)c1)c1cccc(OC2CCCCC2)c1. The quantitative estimate of drug-likeness (QED) is 0.735. The van der Waals surface area contributed by atoms with Crippen LogP contribution in [0.3, 0.4) is 0 Å². The standard InChI is InChI=1S/C25H30N2O3/c28-24(19-9-8-14-23(18-19)30-22-12-3-1-4-13-22)26-21-11-7-10-20(17-21)25(29)27-15-5-2-6-16-27/h7-11,14,17-18,22H,1-6,12-13,15-16H2,(H,26,28). The molecule has 1 saturated heterocycles. The normalized spacial score (nSPS) is 17.4. The molecule has 0 radical (unpaired) electrons. The molecule has 4 rings (SSSR count). The average Bonchev–Trinajstić information content (AvgIpc) is 2.80. The van der Waals surface area contributed by atoms with E-state index in [1.807, 2.05) is 35.2 Å². The highest BCUT2D eigenvalue weighted by atomic mass is 16.5. The Bertz CT molecular complexity index is 883. The van der Waals surface area contributed by atoms with Crippen molar-refractivity contribution in [2.45, 2.75) is 57.5 Å². The van der Waals surface area contributed by atoms with Crippen LogP contribution < -0.4 is 10.1 Å². The van der Waals surface area contributed by atoms with Gasteiger partial charge in [-0.3, -0.25) is 9.59 Å². The number of carbonyl (C=O) groups excluding carboxylic acids is 2. The van der Waals surface area contributed by atoms with Gasteiger partial charge in [-0.1, -0.05) is 18.6 Å². The summed E-state index contributed by atoms with van der Waals surface area (Å²) in [7, 11) is 0. The molecule has 2 amide bonds. The Labute approximate surface area is 178 Å². The van der Waals surface area contributed by atoms with Crippen LogP contribution in [0.2, 0.25) is 0 Å². The van der Waals surface area contributed by atoms with Crippen molar-refractivity contribution in [1.29, 1.82) is 0 Å². The van der Waals surface area contributed by atoms with Crippen LogP contribution in [-0.4, -0.2) is 35.9 Å². The zero-order chi connectivity index (χ0) is 20.8. The summed E-state index contributed by atoms with van der Waals surface area (Å²) in [5, 5.41) is 2.92. The van der Waals surface area contributed by atoms with E-state index in [9.17, 15) is 9.59 Å². The molecular weight excluding hydrogens is 376 g/mol. The summed E-state index contributed by atoms with van der Waals surface area (Å²) in [5.74, 6) is 0.573. The van der Waals surface area contributed by atoms with Gasteiger partial charge in [0.1, 0.15) is 5.75 Å². The summed E-state index contributed by atoms with van der Waals surface area (Å²) in [6.07, 6.45) is 9.39. The molecule has 5 heteroatoms. The van der Waals surface area contributed by atoms with E-state index in [1.54, 1.807) is 18.2 Å².